The molecule has 1 fully saturated rings. The van der Waals surface area contributed by atoms with Gasteiger partial charge in [-0.05, 0) is 38.8 Å². The number of benzene rings is 1. The Morgan fingerprint density at radius 3 is 2.71 bits per heavy atom. The summed E-state index contributed by atoms with van der Waals surface area (Å²) in [6.45, 7) is 3.90. The molecule has 2 amide bonds. The van der Waals surface area contributed by atoms with E-state index >= 15 is 0 Å². The molecule has 5 heteroatoms. The van der Waals surface area contributed by atoms with E-state index < -0.39 is 5.60 Å². The van der Waals surface area contributed by atoms with Gasteiger partial charge in [-0.2, -0.15) is 0 Å². The lowest BCUT2D eigenvalue weighted by Gasteiger charge is -2.38. The van der Waals surface area contributed by atoms with Crippen LogP contribution in [0.25, 0.3) is 0 Å². The molecule has 1 aromatic rings. The van der Waals surface area contributed by atoms with Crippen molar-refractivity contribution in [2.75, 3.05) is 11.4 Å². The first kappa shape index (κ1) is 16.8. The third kappa shape index (κ3) is 3.55. The number of carbonyl (C=O) groups excluding carboxylic acids is 2. The minimum atomic E-state index is -0.909. The van der Waals surface area contributed by atoms with Crippen molar-refractivity contribution in [1.29, 1.82) is 0 Å². The SMILES string of the molecule is CC1(C)Oc2ccccc2N(CCC(=O)NC2CCCCC2)C1=O. The molecule has 0 aromatic heterocycles. The van der Waals surface area contributed by atoms with E-state index in [2.05, 4.69) is 5.32 Å². The summed E-state index contributed by atoms with van der Waals surface area (Å²) in [4.78, 5) is 26.6. The number of amides is 2. The summed E-state index contributed by atoms with van der Waals surface area (Å²) in [5, 5.41) is 3.11. The highest BCUT2D eigenvalue weighted by Crippen LogP contribution is 2.37. The molecule has 0 spiro atoms. The van der Waals surface area contributed by atoms with Crippen molar-refractivity contribution in [3.8, 4) is 5.75 Å². The largest absolute Gasteiger partial charge is 0.476 e. The van der Waals surface area contributed by atoms with Crippen molar-refractivity contribution in [2.45, 2.75) is 64.0 Å². The number of hydrogen-bond acceptors (Lipinski definition) is 3. The first-order valence-electron chi connectivity index (χ1n) is 8.87. The van der Waals surface area contributed by atoms with Gasteiger partial charge in [-0.3, -0.25) is 9.59 Å². The first-order chi connectivity index (χ1) is 11.5. The van der Waals surface area contributed by atoms with Gasteiger partial charge in [-0.25, -0.2) is 0 Å². The fourth-order valence-corrected chi connectivity index (χ4v) is 3.50. The maximum Gasteiger partial charge on any atom is 0.270 e. The Labute approximate surface area is 143 Å². The summed E-state index contributed by atoms with van der Waals surface area (Å²) in [5.74, 6) is 0.609. The lowest BCUT2D eigenvalue weighted by molar-refractivity contribution is -0.132. The van der Waals surface area contributed by atoms with Gasteiger partial charge in [0, 0.05) is 19.0 Å². The zero-order valence-electron chi connectivity index (χ0n) is 14.5. The average Bonchev–Trinajstić information content (AvgIpc) is 2.56. The molecule has 0 radical (unpaired) electrons. The smallest absolute Gasteiger partial charge is 0.270 e. The van der Waals surface area contributed by atoms with E-state index in [1.165, 1.54) is 19.3 Å². The van der Waals surface area contributed by atoms with Crippen LogP contribution >= 0.6 is 0 Å². The third-order valence-corrected chi connectivity index (χ3v) is 4.81. The van der Waals surface area contributed by atoms with Crippen LogP contribution in [0, 0.1) is 0 Å². The lowest BCUT2D eigenvalue weighted by atomic mass is 9.95. The van der Waals surface area contributed by atoms with Gasteiger partial charge in [0.1, 0.15) is 5.75 Å². The molecule has 0 bridgehead atoms. The number of hydrogen-bond donors (Lipinski definition) is 1. The topological polar surface area (TPSA) is 58.6 Å². The molecular weight excluding hydrogens is 304 g/mol. The van der Waals surface area contributed by atoms with Gasteiger partial charge in [0.25, 0.3) is 5.91 Å². The second kappa shape index (κ2) is 6.83. The zero-order chi connectivity index (χ0) is 17.2. The number of nitrogens with zero attached hydrogens (tertiary/aromatic N) is 1. The van der Waals surface area contributed by atoms with E-state index in [0.717, 1.165) is 18.5 Å². The monoisotopic (exact) mass is 330 g/mol. The van der Waals surface area contributed by atoms with Crippen molar-refractivity contribution in [3.05, 3.63) is 24.3 Å². The molecule has 1 heterocycles. The number of carbonyl (C=O) groups is 2. The molecule has 130 valence electrons. The number of para-hydroxylation sites is 2. The Morgan fingerprint density at radius 1 is 1.25 bits per heavy atom. The summed E-state index contributed by atoms with van der Waals surface area (Å²) in [5.41, 5.74) is -0.166. The standard InChI is InChI=1S/C19H26N2O3/c1-19(2)18(23)21(15-10-6-7-11-16(15)24-19)13-12-17(22)20-14-8-4-3-5-9-14/h6-7,10-11,14H,3-5,8-9,12-13H2,1-2H3,(H,20,22). The predicted molar refractivity (Wildman–Crippen MR) is 93.1 cm³/mol. The Balaban J connectivity index is 1.65. The van der Waals surface area contributed by atoms with E-state index in [1.54, 1.807) is 18.7 Å². The maximum absolute atomic E-state index is 12.7. The molecule has 1 N–H and O–H groups in total. The van der Waals surface area contributed by atoms with Crippen LogP contribution in [0.5, 0.6) is 5.75 Å². The van der Waals surface area contributed by atoms with Crippen LogP contribution in [0.3, 0.4) is 0 Å². The van der Waals surface area contributed by atoms with Gasteiger partial charge in [-0.1, -0.05) is 31.4 Å². The summed E-state index contributed by atoms with van der Waals surface area (Å²) < 4.78 is 5.80. The fourth-order valence-electron chi connectivity index (χ4n) is 3.50. The zero-order valence-corrected chi connectivity index (χ0v) is 14.5. The van der Waals surface area contributed by atoms with Crippen LogP contribution in [0.2, 0.25) is 0 Å². The Kier molecular flexibility index (Phi) is 4.78. The molecule has 0 atom stereocenters. The molecule has 1 saturated carbocycles. The van der Waals surface area contributed by atoms with Gasteiger partial charge < -0.3 is 15.0 Å². The Bertz CT molecular complexity index is 621. The third-order valence-electron chi connectivity index (χ3n) is 4.81. The number of nitrogens with one attached hydrogen (secondary N) is 1. The number of anilines is 1. The van der Waals surface area contributed by atoms with Crippen LogP contribution in [-0.4, -0.2) is 30.0 Å². The maximum atomic E-state index is 12.7. The highest BCUT2D eigenvalue weighted by Gasteiger charge is 2.40. The molecule has 0 unspecified atom stereocenters. The van der Waals surface area contributed by atoms with Crippen LogP contribution in [0.4, 0.5) is 5.69 Å². The second-order valence-electron chi connectivity index (χ2n) is 7.19. The van der Waals surface area contributed by atoms with Crippen LogP contribution < -0.4 is 15.0 Å². The molecule has 1 aliphatic carbocycles. The fraction of sp³-hybridized carbons (Fsp3) is 0.579. The quantitative estimate of drug-likeness (QED) is 0.923. The van der Waals surface area contributed by atoms with Crippen molar-refractivity contribution < 1.29 is 14.3 Å². The van der Waals surface area contributed by atoms with Crippen LogP contribution in [-0.2, 0) is 9.59 Å². The van der Waals surface area contributed by atoms with Crippen LogP contribution in [0.15, 0.2) is 24.3 Å². The molecule has 24 heavy (non-hydrogen) atoms. The van der Waals surface area contributed by atoms with Gasteiger partial charge in [0.2, 0.25) is 5.91 Å². The highest BCUT2D eigenvalue weighted by molar-refractivity contribution is 6.02. The van der Waals surface area contributed by atoms with Crippen molar-refractivity contribution in [2.24, 2.45) is 0 Å². The molecule has 0 saturated heterocycles. The molecule has 2 aliphatic rings. The Hall–Kier alpha value is -2.04. The van der Waals surface area contributed by atoms with E-state index in [1.807, 2.05) is 24.3 Å². The van der Waals surface area contributed by atoms with Gasteiger partial charge >= 0.3 is 0 Å². The minimum absolute atomic E-state index is 0.0245. The Morgan fingerprint density at radius 2 is 1.96 bits per heavy atom. The van der Waals surface area contributed by atoms with E-state index in [-0.39, 0.29) is 11.8 Å². The van der Waals surface area contributed by atoms with E-state index in [9.17, 15) is 9.59 Å². The summed E-state index contributed by atoms with van der Waals surface area (Å²) in [6.07, 6.45) is 6.09. The first-order valence-corrected chi connectivity index (χ1v) is 8.87. The lowest BCUT2D eigenvalue weighted by Crippen LogP contribution is -2.53. The average molecular weight is 330 g/mol. The number of ether oxygens (including phenoxy) is 1. The van der Waals surface area contributed by atoms with E-state index in [4.69, 9.17) is 4.74 Å². The number of fused-ring (bicyclic) bond motifs is 1. The second-order valence-corrected chi connectivity index (χ2v) is 7.19. The van der Waals surface area contributed by atoms with Gasteiger partial charge in [0.15, 0.2) is 5.60 Å². The normalized spacial score (nSPS) is 20.2. The molecule has 5 nitrogen and oxygen atoms in total. The van der Waals surface area contributed by atoms with Crippen LogP contribution in [0.1, 0.15) is 52.4 Å². The summed E-state index contributed by atoms with van der Waals surface area (Å²) in [6, 6.07) is 7.79. The highest BCUT2D eigenvalue weighted by atomic mass is 16.5. The molecule has 3 rings (SSSR count). The summed E-state index contributed by atoms with van der Waals surface area (Å²) >= 11 is 0. The van der Waals surface area contributed by atoms with Crippen molar-refractivity contribution in [1.82, 2.24) is 5.32 Å². The van der Waals surface area contributed by atoms with Gasteiger partial charge in [-0.15, -0.1) is 0 Å². The molecule has 1 aliphatic heterocycles. The molecule has 1 aromatic carbocycles. The predicted octanol–water partition coefficient (Wildman–Crippen LogP) is 3.03. The van der Waals surface area contributed by atoms with Crippen molar-refractivity contribution >= 4 is 17.5 Å². The van der Waals surface area contributed by atoms with Gasteiger partial charge in [0.05, 0.1) is 5.69 Å². The van der Waals surface area contributed by atoms with E-state index in [0.29, 0.717) is 24.8 Å². The molecular formula is C19H26N2O3. The minimum Gasteiger partial charge on any atom is -0.476 e. The van der Waals surface area contributed by atoms with Crippen molar-refractivity contribution in [3.63, 3.8) is 0 Å². The summed E-state index contributed by atoms with van der Waals surface area (Å²) in [7, 11) is 0. The number of rotatable bonds is 4.